The van der Waals surface area contributed by atoms with E-state index in [4.69, 9.17) is 9.47 Å². The van der Waals surface area contributed by atoms with Gasteiger partial charge in [0.15, 0.2) is 0 Å². The molecule has 0 amide bonds. The fourth-order valence-corrected chi connectivity index (χ4v) is 2.71. The standard InChI is InChI=1S/C22H29NO3/c24-21(15-23-14-19-4-2-1-3-5-19)17-26-22-10-8-18(9-11-22)12-13-25-16-20-6-7-20/h1-5,8-11,20-21,23-24H,6-7,12-17H2/t21-/m0/s1. The summed E-state index contributed by atoms with van der Waals surface area (Å²) in [5.41, 5.74) is 2.45. The quantitative estimate of drug-likeness (QED) is 0.574. The van der Waals surface area contributed by atoms with Gasteiger partial charge in [0.2, 0.25) is 0 Å². The van der Waals surface area contributed by atoms with E-state index in [1.807, 2.05) is 30.3 Å². The first-order chi connectivity index (χ1) is 12.8. The van der Waals surface area contributed by atoms with Gasteiger partial charge in [-0.3, -0.25) is 0 Å². The molecule has 2 N–H and O–H groups in total. The molecule has 1 atom stereocenters. The van der Waals surface area contributed by atoms with E-state index in [1.165, 1.54) is 24.0 Å². The molecule has 1 aliphatic carbocycles. The van der Waals surface area contributed by atoms with E-state index in [9.17, 15) is 5.11 Å². The van der Waals surface area contributed by atoms with Crippen molar-refractivity contribution in [3.8, 4) is 5.75 Å². The van der Waals surface area contributed by atoms with Crippen molar-refractivity contribution < 1.29 is 14.6 Å². The monoisotopic (exact) mass is 355 g/mol. The average molecular weight is 355 g/mol. The Kier molecular flexibility index (Phi) is 7.50. The lowest BCUT2D eigenvalue weighted by Crippen LogP contribution is -2.31. The minimum absolute atomic E-state index is 0.283. The van der Waals surface area contributed by atoms with Crippen molar-refractivity contribution in [3.05, 3.63) is 65.7 Å². The third-order valence-electron chi connectivity index (χ3n) is 4.50. The van der Waals surface area contributed by atoms with Crippen LogP contribution in [-0.4, -0.2) is 37.6 Å². The minimum atomic E-state index is -0.533. The van der Waals surface area contributed by atoms with Crippen LogP contribution in [0.15, 0.2) is 54.6 Å². The average Bonchev–Trinajstić information content (AvgIpc) is 3.50. The summed E-state index contributed by atoms with van der Waals surface area (Å²) in [5, 5.41) is 13.3. The van der Waals surface area contributed by atoms with Crippen molar-refractivity contribution >= 4 is 0 Å². The van der Waals surface area contributed by atoms with Crippen LogP contribution in [0.2, 0.25) is 0 Å². The number of aliphatic hydroxyl groups excluding tert-OH is 1. The third kappa shape index (κ3) is 7.16. The van der Waals surface area contributed by atoms with E-state index in [-0.39, 0.29) is 6.61 Å². The molecule has 1 aliphatic rings. The first-order valence-electron chi connectivity index (χ1n) is 9.52. The minimum Gasteiger partial charge on any atom is -0.491 e. The molecule has 0 radical (unpaired) electrons. The Morgan fingerprint density at radius 2 is 1.77 bits per heavy atom. The number of aliphatic hydroxyl groups is 1. The highest BCUT2D eigenvalue weighted by Crippen LogP contribution is 2.28. The van der Waals surface area contributed by atoms with Crippen LogP contribution in [0.5, 0.6) is 5.75 Å². The summed E-state index contributed by atoms with van der Waals surface area (Å²) < 4.78 is 11.3. The highest BCUT2D eigenvalue weighted by atomic mass is 16.5. The highest BCUT2D eigenvalue weighted by molar-refractivity contribution is 5.27. The van der Waals surface area contributed by atoms with Crippen LogP contribution < -0.4 is 10.1 Å². The second-order valence-electron chi connectivity index (χ2n) is 6.99. The van der Waals surface area contributed by atoms with Gasteiger partial charge in [0.05, 0.1) is 6.61 Å². The summed E-state index contributed by atoms with van der Waals surface area (Å²) in [7, 11) is 0. The Hall–Kier alpha value is -1.88. The number of benzene rings is 2. The van der Waals surface area contributed by atoms with Crippen LogP contribution in [0.4, 0.5) is 0 Å². The van der Waals surface area contributed by atoms with Crippen LogP contribution in [-0.2, 0) is 17.7 Å². The molecule has 0 spiro atoms. The maximum Gasteiger partial charge on any atom is 0.119 e. The van der Waals surface area contributed by atoms with Crippen LogP contribution >= 0.6 is 0 Å². The van der Waals surface area contributed by atoms with Crippen molar-refractivity contribution in [3.63, 3.8) is 0 Å². The molecule has 0 saturated heterocycles. The predicted molar refractivity (Wildman–Crippen MR) is 103 cm³/mol. The third-order valence-corrected chi connectivity index (χ3v) is 4.50. The first-order valence-corrected chi connectivity index (χ1v) is 9.52. The van der Waals surface area contributed by atoms with Crippen LogP contribution in [0.1, 0.15) is 24.0 Å². The van der Waals surface area contributed by atoms with E-state index >= 15 is 0 Å². The molecule has 2 aromatic rings. The van der Waals surface area contributed by atoms with Gasteiger partial charge in [-0.25, -0.2) is 0 Å². The number of hydrogen-bond donors (Lipinski definition) is 2. The fraction of sp³-hybridized carbons (Fsp3) is 0.455. The zero-order valence-electron chi connectivity index (χ0n) is 15.3. The lowest BCUT2D eigenvalue weighted by molar-refractivity contribution is 0.106. The highest BCUT2D eigenvalue weighted by Gasteiger charge is 2.20. The van der Waals surface area contributed by atoms with Crippen LogP contribution in [0.3, 0.4) is 0 Å². The number of ether oxygens (including phenoxy) is 2. The molecule has 0 bridgehead atoms. The molecule has 0 aromatic heterocycles. The van der Waals surface area contributed by atoms with Crippen molar-refractivity contribution in [2.24, 2.45) is 5.92 Å². The van der Waals surface area contributed by atoms with Crippen molar-refractivity contribution in [1.82, 2.24) is 5.32 Å². The summed E-state index contributed by atoms with van der Waals surface area (Å²) >= 11 is 0. The number of rotatable bonds is 12. The molecule has 0 heterocycles. The summed E-state index contributed by atoms with van der Waals surface area (Å²) in [5.74, 6) is 1.61. The van der Waals surface area contributed by atoms with Gasteiger partial charge in [-0.05, 0) is 48.4 Å². The van der Waals surface area contributed by atoms with Crippen molar-refractivity contribution in [1.29, 1.82) is 0 Å². The van der Waals surface area contributed by atoms with Gasteiger partial charge in [-0.1, -0.05) is 42.5 Å². The van der Waals surface area contributed by atoms with Gasteiger partial charge in [0.1, 0.15) is 18.5 Å². The normalized spacial score (nSPS) is 15.0. The van der Waals surface area contributed by atoms with Gasteiger partial charge >= 0.3 is 0 Å². The molecule has 0 aliphatic heterocycles. The molecule has 3 rings (SSSR count). The molecule has 26 heavy (non-hydrogen) atoms. The SMILES string of the molecule is O[C@@H](CNCc1ccccc1)COc1ccc(CCOCC2CC2)cc1. The van der Waals surface area contributed by atoms with Crippen molar-refractivity contribution in [2.45, 2.75) is 31.9 Å². The van der Waals surface area contributed by atoms with Gasteiger partial charge in [0, 0.05) is 19.7 Å². The largest absolute Gasteiger partial charge is 0.491 e. The predicted octanol–water partition coefficient (Wildman–Crippen LogP) is 3.19. The maximum absolute atomic E-state index is 10.0. The topological polar surface area (TPSA) is 50.7 Å². The molecule has 1 saturated carbocycles. The summed E-state index contributed by atoms with van der Waals surface area (Å²) in [4.78, 5) is 0. The molecule has 140 valence electrons. The Balaban J connectivity index is 1.28. The maximum atomic E-state index is 10.0. The summed E-state index contributed by atoms with van der Waals surface area (Å²) in [6.07, 6.45) is 3.06. The summed E-state index contributed by atoms with van der Waals surface area (Å²) in [6.45, 7) is 3.23. The molecule has 1 fully saturated rings. The second kappa shape index (κ2) is 10.3. The fourth-order valence-electron chi connectivity index (χ4n) is 2.71. The van der Waals surface area contributed by atoms with Crippen LogP contribution in [0, 0.1) is 5.92 Å². The second-order valence-corrected chi connectivity index (χ2v) is 6.99. The Morgan fingerprint density at radius 1 is 1.00 bits per heavy atom. The lowest BCUT2D eigenvalue weighted by atomic mass is 10.1. The number of hydrogen-bond acceptors (Lipinski definition) is 4. The first kappa shape index (κ1) is 18.9. The molecular weight excluding hydrogens is 326 g/mol. The van der Waals surface area contributed by atoms with E-state index in [0.29, 0.717) is 6.54 Å². The van der Waals surface area contributed by atoms with Crippen LogP contribution in [0.25, 0.3) is 0 Å². The molecule has 0 unspecified atom stereocenters. The lowest BCUT2D eigenvalue weighted by Gasteiger charge is -2.13. The smallest absolute Gasteiger partial charge is 0.119 e. The van der Waals surface area contributed by atoms with E-state index in [0.717, 1.165) is 37.8 Å². The number of nitrogens with one attached hydrogen (secondary N) is 1. The Morgan fingerprint density at radius 3 is 2.50 bits per heavy atom. The van der Waals surface area contributed by atoms with Gasteiger partial charge < -0.3 is 19.9 Å². The Bertz CT molecular complexity index is 626. The van der Waals surface area contributed by atoms with Crippen molar-refractivity contribution in [2.75, 3.05) is 26.4 Å². The van der Waals surface area contributed by atoms with Gasteiger partial charge in [-0.2, -0.15) is 0 Å². The molecule has 4 heteroatoms. The zero-order chi connectivity index (χ0) is 18.0. The molecular formula is C22H29NO3. The molecule has 2 aromatic carbocycles. The zero-order valence-corrected chi connectivity index (χ0v) is 15.3. The summed E-state index contributed by atoms with van der Waals surface area (Å²) in [6, 6.07) is 18.2. The van der Waals surface area contributed by atoms with Gasteiger partial charge in [0.25, 0.3) is 0 Å². The van der Waals surface area contributed by atoms with E-state index in [2.05, 4.69) is 29.6 Å². The van der Waals surface area contributed by atoms with E-state index in [1.54, 1.807) is 0 Å². The Labute approximate surface area is 156 Å². The van der Waals surface area contributed by atoms with E-state index < -0.39 is 6.10 Å². The molecule has 4 nitrogen and oxygen atoms in total. The van der Waals surface area contributed by atoms with Gasteiger partial charge in [-0.15, -0.1) is 0 Å².